The van der Waals surface area contributed by atoms with Crippen LogP contribution in [0.2, 0.25) is 0 Å². The molecule has 2 aromatic rings. The maximum absolute atomic E-state index is 9.84. The zero-order valence-corrected chi connectivity index (χ0v) is 14.2. The molecule has 1 fully saturated rings. The lowest BCUT2D eigenvalue weighted by atomic mass is 10.0. The van der Waals surface area contributed by atoms with Crippen molar-refractivity contribution in [2.75, 3.05) is 20.2 Å². The molecule has 2 N–H and O–H groups in total. The summed E-state index contributed by atoms with van der Waals surface area (Å²) in [6.07, 6.45) is 2.32. The number of piperidine rings is 1. The van der Waals surface area contributed by atoms with Gasteiger partial charge in [-0.1, -0.05) is 36.4 Å². The van der Waals surface area contributed by atoms with E-state index in [9.17, 15) is 5.11 Å². The monoisotopic (exact) mass is 326 g/mol. The molecule has 2 aromatic carbocycles. The Hall–Kier alpha value is -2.04. The van der Waals surface area contributed by atoms with E-state index >= 15 is 0 Å². The van der Waals surface area contributed by atoms with Crippen LogP contribution in [0.1, 0.15) is 24.0 Å². The number of nitrogens with one attached hydrogen (secondary N) is 1. The molecule has 1 heterocycles. The minimum atomic E-state index is 0.203. The number of methoxy groups -OCH3 is 1. The van der Waals surface area contributed by atoms with Gasteiger partial charge in [0, 0.05) is 19.1 Å². The molecule has 0 saturated carbocycles. The predicted molar refractivity (Wildman–Crippen MR) is 96.2 cm³/mol. The van der Waals surface area contributed by atoms with Gasteiger partial charge in [-0.3, -0.25) is 4.90 Å². The molecule has 1 saturated heterocycles. The summed E-state index contributed by atoms with van der Waals surface area (Å²) in [7, 11) is 1.57. The third-order valence-electron chi connectivity index (χ3n) is 4.67. The Kier molecular flexibility index (Phi) is 5.72. The number of phenolic OH excluding ortho intramolecular Hbond substituents is 1. The van der Waals surface area contributed by atoms with E-state index < -0.39 is 0 Å². The van der Waals surface area contributed by atoms with Gasteiger partial charge in [0.2, 0.25) is 0 Å². The molecule has 3 rings (SSSR count). The molecular formula is C20H26N2O2. The molecule has 4 heteroatoms. The molecule has 4 nitrogen and oxygen atoms in total. The molecular weight excluding hydrogens is 300 g/mol. The van der Waals surface area contributed by atoms with E-state index in [0.29, 0.717) is 11.8 Å². The highest BCUT2D eigenvalue weighted by Gasteiger charge is 2.18. The molecule has 0 atom stereocenters. The first-order chi connectivity index (χ1) is 11.7. The number of nitrogens with zero attached hydrogens (tertiary/aromatic N) is 1. The average molecular weight is 326 g/mol. The molecule has 0 aliphatic carbocycles. The summed E-state index contributed by atoms with van der Waals surface area (Å²) in [6, 6.07) is 16.8. The topological polar surface area (TPSA) is 44.7 Å². The van der Waals surface area contributed by atoms with E-state index in [0.717, 1.165) is 44.6 Å². The smallest absolute Gasteiger partial charge is 0.160 e. The van der Waals surface area contributed by atoms with E-state index in [4.69, 9.17) is 4.74 Å². The second-order valence-electron chi connectivity index (χ2n) is 6.42. The third-order valence-corrected chi connectivity index (χ3v) is 4.67. The summed E-state index contributed by atoms with van der Waals surface area (Å²) in [5.74, 6) is 0.724. The Labute approximate surface area is 144 Å². The Morgan fingerprint density at radius 3 is 2.50 bits per heavy atom. The predicted octanol–water partition coefficient (Wildman–Crippen LogP) is 3.16. The number of rotatable bonds is 6. The average Bonchev–Trinajstić information content (AvgIpc) is 2.62. The quantitative estimate of drug-likeness (QED) is 0.856. The number of aromatic hydroxyl groups is 1. The second kappa shape index (κ2) is 8.18. The van der Waals surface area contributed by atoms with Crippen LogP contribution in [-0.4, -0.2) is 36.2 Å². The van der Waals surface area contributed by atoms with Crippen LogP contribution < -0.4 is 10.1 Å². The van der Waals surface area contributed by atoms with Gasteiger partial charge in [0.15, 0.2) is 11.5 Å². The summed E-state index contributed by atoms with van der Waals surface area (Å²) in [6.45, 7) is 4.07. The molecule has 0 bridgehead atoms. The SMILES string of the molecule is COc1ccc(CNC2CCN(Cc3ccccc3)CC2)cc1O. The van der Waals surface area contributed by atoms with Gasteiger partial charge in [-0.2, -0.15) is 0 Å². The standard InChI is InChI=1S/C20H26N2O2/c1-24-20-8-7-17(13-19(20)23)14-21-18-9-11-22(12-10-18)15-16-5-3-2-4-6-16/h2-8,13,18,21,23H,9-12,14-15H2,1H3. The molecule has 24 heavy (non-hydrogen) atoms. The van der Waals surface area contributed by atoms with Gasteiger partial charge in [0.25, 0.3) is 0 Å². The zero-order valence-electron chi connectivity index (χ0n) is 14.2. The molecule has 0 aromatic heterocycles. The Balaban J connectivity index is 1.43. The van der Waals surface area contributed by atoms with Crippen LogP contribution in [0.5, 0.6) is 11.5 Å². The Morgan fingerprint density at radius 2 is 1.83 bits per heavy atom. The van der Waals surface area contributed by atoms with Gasteiger partial charge in [-0.05, 0) is 49.2 Å². The summed E-state index contributed by atoms with van der Waals surface area (Å²) in [5, 5.41) is 13.5. The maximum Gasteiger partial charge on any atom is 0.160 e. The van der Waals surface area contributed by atoms with Gasteiger partial charge >= 0.3 is 0 Å². The van der Waals surface area contributed by atoms with E-state index in [1.54, 1.807) is 13.2 Å². The summed E-state index contributed by atoms with van der Waals surface area (Å²) < 4.78 is 5.08. The lowest BCUT2D eigenvalue weighted by Gasteiger charge is -2.32. The summed E-state index contributed by atoms with van der Waals surface area (Å²) in [5.41, 5.74) is 2.47. The van der Waals surface area contributed by atoms with E-state index in [2.05, 4.69) is 40.5 Å². The lowest BCUT2D eigenvalue weighted by Crippen LogP contribution is -2.41. The van der Waals surface area contributed by atoms with Crippen LogP contribution in [0.15, 0.2) is 48.5 Å². The first-order valence-corrected chi connectivity index (χ1v) is 8.60. The van der Waals surface area contributed by atoms with Crippen molar-refractivity contribution in [2.45, 2.75) is 32.0 Å². The number of likely N-dealkylation sites (tertiary alicyclic amines) is 1. The fourth-order valence-electron chi connectivity index (χ4n) is 3.24. The van der Waals surface area contributed by atoms with Crippen LogP contribution >= 0.6 is 0 Å². The largest absolute Gasteiger partial charge is 0.504 e. The van der Waals surface area contributed by atoms with Gasteiger partial charge in [0.05, 0.1) is 7.11 Å². The molecule has 1 aliphatic heterocycles. The fourth-order valence-corrected chi connectivity index (χ4v) is 3.24. The van der Waals surface area contributed by atoms with Crippen molar-refractivity contribution in [3.63, 3.8) is 0 Å². The minimum absolute atomic E-state index is 0.203. The highest BCUT2D eigenvalue weighted by atomic mass is 16.5. The fraction of sp³-hybridized carbons (Fsp3) is 0.400. The van der Waals surface area contributed by atoms with Crippen molar-refractivity contribution in [1.82, 2.24) is 10.2 Å². The highest BCUT2D eigenvalue weighted by Crippen LogP contribution is 2.26. The lowest BCUT2D eigenvalue weighted by molar-refractivity contribution is 0.190. The van der Waals surface area contributed by atoms with E-state index in [1.807, 2.05) is 12.1 Å². The summed E-state index contributed by atoms with van der Waals surface area (Å²) in [4.78, 5) is 2.52. The van der Waals surface area contributed by atoms with Crippen LogP contribution in [0.25, 0.3) is 0 Å². The molecule has 1 aliphatic rings. The van der Waals surface area contributed by atoms with Crippen LogP contribution in [0.3, 0.4) is 0 Å². The Morgan fingerprint density at radius 1 is 1.08 bits per heavy atom. The molecule has 0 unspecified atom stereocenters. The summed E-state index contributed by atoms with van der Waals surface area (Å²) >= 11 is 0. The van der Waals surface area contributed by atoms with E-state index in [1.165, 1.54) is 5.56 Å². The van der Waals surface area contributed by atoms with Gasteiger partial charge in [-0.25, -0.2) is 0 Å². The maximum atomic E-state index is 9.84. The molecule has 0 amide bonds. The third kappa shape index (κ3) is 4.49. The van der Waals surface area contributed by atoms with Crippen molar-refractivity contribution in [1.29, 1.82) is 0 Å². The number of benzene rings is 2. The zero-order chi connectivity index (χ0) is 16.8. The first-order valence-electron chi connectivity index (χ1n) is 8.60. The van der Waals surface area contributed by atoms with Crippen LogP contribution in [0.4, 0.5) is 0 Å². The molecule has 0 radical (unpaired) electrons. The molecule has 0 spiro atoms. The first kappa shape index (κ1) is 16.8. The van der Waals surface area contributed by atoms with Crippen LogP contribution in [-0.2, 0) is 13.1 Å². The number of hydrogen-bond donors (Lipinski definition) is 2. The second-order valence-corrected chi connectivity index (χ2v) is 6.42. The van der Waals surface area contributed by atoms with Crippen molar-refractivity contribution < 1.29 is 9.84 Å². The highest BCUT2D eigenvalue weighted by molar-refractivity contribution is 5.41. The normalized spacial score (nSPS) is 16.2. The van der Waals surface area contributed by atoms with E-state index in [-0.39, 0.29) is 5.75 Å². The van der Waals surface area contributed by atoms with Crippen LogP contribution in [0, 0.1) is 0 Å². The van der Waals surface area contributed by atoms with Gasteiger partial charge < -0.3 is 15.2 Å². The number of ether oxygens (including phenoxy) is 1. The van der Waals surface area contributed by atoms with Crippen molar-refractivity contribution in [2.24, 2.45) is 0 Å². The Bertz CT molecular complexity index is 637. The van der Waals surface area contributed by atoms with Crippen molar-refractivity contribution >= 4 is 0 Å². The number of hydrogen-bond acceptors (Lipinski definition) is 4. The van der Waals surface area contributed by atoms with Crippen molar-refractivity contribution in [3.05, 3.63) is 59.7 Å². The minimum Gasteiger partial charge on any atom is -0.504 e. The van der Waals surface area contributed by atoms with Crippen molar-refractivity contribution in [3.8, 4) is 11.5 Å². The van der Waals surface area contributed by atoms with Gasteiger partial charge in [-0.15, -0.1) is 0 Å². The van der Waals surface area contributed by atoms with Gasteiger partial charge in [0.1, 0.15) is 0 Å². The number of phenols is 1. The molecule has 128 valence electrons.